The van der Waals surface area contributed by atoms with E-state index in [4.69, 9.17) is 17.3 Å². The molecule has 0 bridgehead atoms. The monoisotopic (exact) mass is 284 g/mol. The Balaban J connectivity index is 2.12. The van der Waals surface area contributed by atoms with Crippen molar-refractivity contribution in [2.45, 2.75) is 6.92 Å². The number of hydrogen-bond acceptors (Lipinski definition) is 3. The number of nitrogen functional groups attached to an aromatic ring is 1. The fourth-order valence-corrected chi connectivity index (χ4v) is 2.39. The lowest BCUT2D eigenvalue weighted by Gasteiger charge is -2.10. The summed E-state index contributed by atoms with van der Waals surface area (Å²) in [7, 11) is 0. The Labute approximate surface area is 121 Å². The van der Waals surface area contributed by atoms with Crippen molar-refractivity contribution < 1.29 is 0 Å². The number of imidazole rings is 1. The summed E-state index contributed by atoms with van der Waals surface area (Å²) in [6.45, 7) is 2.01. The molecule has 0 saturated heterocycles. The lowest BCUT2D eigenvalue weighted by molar-refractivity contribution is 1.06. The van der Waals surface area contributed by atoms with Crippen LogP contribution in [0.3, 0.4) is 0 Å². The van der Waals surface area contributed by atoms with Gasteiger partial charge in [-0.25, -0.2) is 9.97 Å². The summed E-state index contributed by atoms with van der Waals surface area (Å²) in [5.74, 6) is 0.494. The molecule has 100 valence electrons. The van der Waals surface area contributed by atoms with E-state index in [0.29, 0.717) is 10.8 Å². The number of anilines is 1. The molecule has 2 N–H and O–H groups in total. The molecule has 2 heterocycles. The van der Waals surface area contributed by atoms with Crippen LogP contribution in [-0.4, -0.2) is 14.5 Å². The number of aromatic nitrogens is 3. The first-order valence-corrected chi connectivity index (χ1v) is 6.54. The second-order valence-electron chi connectivity index (χ2n) is 4.58. The number of aryl methyl sites for hydroxylation is 1. The first-order chi connectivity index (χ1) is 9.65. The molecular formula is C15H13ClN4. The molecule has 5 heteroatoms. The number of nitrogens with zero attached hydrogens (tertiary/aromatic N) is 3. The van der Waals surface area contributed by atoms with Crippen LogP contribution in [-0.2, 0) is 0 Å². The van der Waals surface area contributed by atoms with E-state index in [-0.39, 0.29) is 0 Å². The minimum absolute atomic E-state index is 0.494. The Bertz CT molecular complexity index is 747. The minimum Gasteiger partial charge on any atom is -0.384 e. The van der Waals surface area contributed by atoms with Crippen LogP contribution in [0.5, 0.6) is 0 Å². The molecule has 2 aromatic heterocycles. The quantitative estimate of drug-likeness (QED) is 0.784. The van der Waals surface area contributed by atoms with Crippen molar-refractivity contribution in [3.8, 4) is 16.9 Å². The third-order valence-corrected chi connectivity index (χ3v) is 3.39. The van der Waals surface area contributed by atoms with Gasteiger partial charge in [-0.1, -0.05) is 17.7 Å². The highest BCUT2D eigenvalue weighted by Gasteiger charge is 2.10. The van der Waals surface area contributed by atoms with Crippen LogP contribution in [0, 0.1) is 6.92 Å². The summed E-state index contributed by atoms with van der Waals surface area (Å²) < 4.78 is 1.94. The van der Waals surface area contributed by atoms with Crippen molar-refractivity contribution in [2.75, 3.05) is 5.73 Å². The molecule has 0 unspecified atom stereocenters. The number of benzene rings is 1. The first kappa shape index (κ1) is 12.7. The third-order valence-electron chi connectivity index (χ3n) is 3.08. The number of rotatable bonds is 2. The topological polar surface area (TPSA) is 56.7 Å². The van der Waals surface area contributed by atoms with E-state index in [1.807, 2.05) is 35.8 Å². The zero-order valence-corrected chi connectivity index (χ0v) is 11.7. The zero-order valence-electron chi connectivity index (χ0n) is 10.9. The zero-order chi connectivity index (χ0) is 14.1. The Morgan fingerprint density at radius 2 is 2.00 bits per heavy atom. The lowest BCUT2D eigenvalue weighted by atomic mass is 10.2. The summed E-state index contributed by atoms with van der Waals surface area (Å²) >= 11 is 6.32. The van der Waals surface area contributed by atoms with Gasteiger partial charge in [-0.15, -0.1) is 0 Å². The normalized spacial score (nSPS) is 10.7. The Hall–Kier alpha value is -2.33. The Morgan fingerprint density at radius 1 is 1.15 bits per heavy atom. The molecule has 0 amide bonds. The molecule has 3 aromatic rings. The highest BCUT2D eigenvalue weighted by molar-refractivity contribution is 6.32. The molecule has 0 aliphatic rings. The molecule has 0 radical (unpaired) electrons. The van der Waals surface area contributed by atoms with Crippen molar-refractivity contribution in [3.05, 3.63) is 59.6 Å². The maximum atomic E-state index is 6.32. The van der Waals surface area contributed by atoms with Gasteiger partial charge in [-0.3, -0.25) is 4.57 Å². The van der Waals surface area contributed by atoms with Crippen LogP contribution in [0.1, 0.15) is 5.56 Å². The van der Waals surface area contributed by atoms with E-state index in [1.165, 1.54) is 0 Å². The van der Waals surface area contributed by atoms with Crippen LogP contribution in [0.25, 0.3) is 16.9 Å². The minimum atomic E-state index is 0.494. The van der Waals surface area contributed by atoms with Gasteiger partial charge in [0.2, 0.25) is 0 Å². The van der Waals surface area contributed by atoms with Gasteiger partial charge in [0.25, 0.3) is 0 Å². The number of hydrogen-bond donors (Lipinski definition) is 1. The molecule has 1 aromatic carbocycles. The summed E-state index contributed by atoms with van der Waals surface area (Å²) in [5, 5.41) is 0.688. The molecule has 0 aliphatic carbocycles. The Kier molecular flexibility index (Phi) is 3.16. The summed E-state index contributed by atoms with van der Waals surface area (Å²) in [4.78, 5) is 8.32. The van der Waals surface area contributed by atoms with Crippen molar-refractivity contribution in [1.82, 2.24) is 14.5 Å². The van der Waals surface area contributed by atoms with Crippen molar-refractivity contribution in [3.63, 3.8) is 0 Å². The second kappa shape index (κ2) is 4.98. The molecule has 0 saturated carbocycles. The summed E-state index contributed by atoms with van der Waals surface area (Å²) in [5.41, 5.74) is 9.48. The molecule has 0 fully saturated rings. The molecular weight excluding hydrogens is 272 g/mol. The van der Waals surface area contributed by atoms with E-state index in [2.05, 4.69) is 9.97 Å². The largest absolute Gasteiger partial charge is 0.384 e. The molecule has 4 nitrogen and oxygen atoms in total. The van der Waals surface area contributed by atoms with E-state index in [1.54, 1.807) is 24.8 Å². The highest BCUT2D eigenvalue weighted by atomic mass is 35.5. The van der Waals surface area contributed by atoms with Crippen molar-refractivity contribution in [2.24, 2.45) is 0 Å². The van der Waals surface area contributed by atoms with Gasteiger partial charge in [0.15, 0.2) is 0 Å². The van der Waals surface area contributed by atoms with Crippen LogP contribution >= 0.6 is 11.6 Å². The van der Waals surface area contributed by atoms with Crippen molar-refractivity contribution in [1.29, 1.82) is 0 Å². The van der Waals surface area contributed by atoms with Gasteiger partial charge in [-0.2, -0.15) is 0 Å². The van der Waals surface area contributed by atoms with Crippen LogP contribution in [0.4, 0.5) is 5.82 Å². The van der Waals surface area contributed by atoms with Crippen molar-refractivity contribution >= 4 is 17.4 Å². The lowest BCUT2D eigenvalue weighted by Crippen LogP contribution is -1.97. The first-order valence-electron chi connectivity index (χ1n) is 6.16. The fraction of sp³-hybridized carbons (Fsp3) is 0.0667. The van der Waals surface area contributed by atoms with E-state index < -0.39 is 0 Å². The van der Waals surface area contributed by atoms with Crippen LogP contribution in [0.15, 0.2) is 49.1 Å². The average Bonchev–Trinajstić information content (AvgIpc) is 2.88. The van der Waals surface area contributed by atoms with Gasteiger partial charge in [-0.05, 0) is 36.8 Å². The van der Waals surface area contributed by atoms with Gasteiger partial charge in [0.1, 0.15) is 5.82 Å². The molecule has 0 aliphatic heterocycles. The molecule has 0 spiro atoms. The molecule has 0 atom stereocenters. The van der Waals surface area contributed by atoms with Gasteiger partial charge in [0, 0.05) is 11.8 Å². The van der Waals surface area contributed by atoms with E-state index >= 15 is 0 Å². The number of halogens is 1. The van der Waals surface area contributed by atoms with Gasteiger partial charge in [0.05, 0.1) is 28.9 Å². The number of pyridine rings is 1. The standard InChI is InChI=1S/C15H13ClN4/c1-10-2-4-13(12(16)6-10)20-9-18-8-14(20)11-3-5-15(17)19-7-11/h2-9H,1H3,(H2,17,19). The maximum Gasteiger partial charge on any atom is 0.123 e. The number of nitrogens with two attached hydrogens (primary N) is 1. The van der Waals surface area contributed by atoms with Gasteiger partial charge < -0.3 is 5.73 Å². The fourth-order valence-electron chi connectivity index (χ4n) is 2.06. The second-order valence-corrected chi connectivity index (χ2v) is 4.98. The smallest absolute Gasteiger partial charge is 0.123 e. The van der Waals surface area contributed by atoms with Crippen LogP contribution in [0.2, 0.25) is 5.02 Å². The van der Waals surface area contributed by atoms with E-state index in [0.717, 1.165) is 22.5 Å². The molecule has 3 rings (SSSR count). The summed E-state index contributed by atoms with van der Waals surface area (Å²) in [6, 6.07) is 9.61. The third kappa shape index (κ3) is 2.26. The predicted molar refractivity (Wildman–Crippen MR) is 81.0 cm³/mol. The van der Waals surface area contributed by atoms with Gasteiger partial charge >= 0.3 is 0 Å². The maximum absolute atomic E-state index is 6.32. The summed E-state index contributed by atoms with van der Waals surface area (Å²) in [6.07, 6.45) is 5.25. The van der Waals surface area contributed by atoms with Crippen LogP contribution < -0.4 is 5.73 Å². The SMILES string of the molecule is Cc1ccc(-n2cncc2-c2ccc(N)nc2)c(Cl)c1. The average molecular weight is 285 g/mol. The highest BCUT2D eigenvalue weighted by Crippen LogP contribution is 2.27. The molecule has 20 heavy (non-hydrogen) atoms. The predicted octanol–water partition coefficient (Wildman–Crippen LogP) is 3.48. The van der Waals surface area contributed by atoms with E-state index in [9.17, 15) is 0 Å². The Morgan fingerprint density at radius 3 is 2.70 bits per heavy atom.